The molecule has 0 aliphatic heterocycles. The van der Waals surface area contributed by atoms with Crippen molar-refractivity contribution in [2.75, 3.05) is 13.2 Å². The summed E-state index contributed by atoms with van der Waals surface area (Å²) in [6, 6.07) is 22.1. The minimum atomic E-state index is -0.943. The number of rotatable bonds is 10. The van der Waals surface area contributed by atoms with E-state index in [9.17, 15) is 15.0 Å². The average molecular weight is 446 g/mol. The molecule has 0 saturated carbocycles. The van der Waals surface area contributed by atoms with E-state index in [0.29, 0.717) is 19.3 Å². The van der Waals surface area contributed by atoms with Crippen molar-refractivity contribution in [1.29, 1.82) is 0 Å². The fourth-order valence-corrected chi connectivity index (χ4v) is 4.08. The van der Waals surface area contributed by atoms with E-state index in [-0.39, 0.29) is 31.4 Å². The number of ketones is 1. The van der Waals surface area contributed by atoms with E-state index in [2.05, 4.69) is 0 Å². The molecule has 0 unspecified atom stereocenters. The van der Waals surface area contributed by atoms with Crippen LogP contribution in [-0.4, -0.2) is 34.7 Å². The van der Waals surface area contributed by atoms with Crippen molar-refractivity contribution in [3.63, 3.8) is 0 Å². The second-order valence-corrected chi connectivity index (χ2v) is 8.53. The maximum atomic E-state index is 12.5. The van der Waals surface area contributed by atoms with Crippen LogP contribution >= 0.6 is 23.7 Å². The minimum absolute atomic E-state index is 0. The number of halogens is 1. The van der Waals surface area contributed by atoms with Gasteiger partial charge in [0.25, 0.3) is 0 Å². The molecule has 0 amide bonds. The number of carbonyl (C=O) groups is 1. The smallest absolute Gasteiger partial charge is 0.173 e. The summed E-state index contributed by atoms with van der Waals surface area (Å²) in [6.45, 7) is -0.476. The van der Waals surface area contributed by atoms with Crippen LogP contribution in [0.4, 0.5) is 0 Å². The summed E-state index contributed by atoms with van der Waals surface area (Å²) in [5.41, 5.74) is 8.33. The van der Waals surface area contributed by atoms with Gasteiger partial charge in [0, 0.05) is 11.3 Å². The lowest BCUT2D eigenvalue weighted by Gasteiger charge is -2.24. The van der Waals surface area contributed by atoms with Crippen LogP contribution < -0.4 is 5.73 Å². The Balaban J connectivity index is 0.00000320. The number of aryl methyl sites for hydroxylation is 2. The largest absolute Gasteiger partial charge is 0.394 e. The molecular weight excluding hydrogens is 418 g/mol. The van der Waals surface area contributed by atoms with Gasteiger partial charge in [-0.15, -0.1) is 23.7 Å². The molecule has 0 bridgehead atoms. The van der Waals surface area contributed by atoms with E-state index >= 15 is 0 Å². The Hall–Kier alpha value is -2.02. The summed E-state index contributed by atoms with van der Waals surface area (Å²) in [5.74, 6) is 0.175. The van der Waals surface area contributed by atoms with Crippen molar-refractivity contribution in [2.45, 2.75) is 31.2 Å². The number of benzene rings is 2. The molecule has 3 rings (SSSR count). The zero-order valence-corrected chi connectivity index (χ0v) is 18.4. The third-order valence-electron chi connectivity index (χ3n) is 5.14. The Morgan fingerprint density at radius 3 is 2.13 bits per heavy atom. The number of carbonyl (C=O) groups excluding carboxylic acids is 1. The molecule has 1 heterocycles. The molecule has 0 spiro atoms. The van der Waals surface area contributed by atoms with Gasteiger partial charge in [-0.1, -0.05) is 54.6 Å². The molecular formula is C24H28ClNO3S. The minimum Gasteiger partial charge on any atom is -0.394 e. The molecule has 0 aliphatic rings. The summed E-state index contributed by atoms with van der Waals surface area (Å²) in [6.07, 6.45) is 2.47. The fourth-order valence-electron chi connectivity index (χ4n) is 3.11. The van der Waals surface area contributed by atoms with Crippen molar-refractivity contribution >= 4 is 29.5 Å². The Morgan fingerprint density at radius 1 is 0.867 bits per heavy atom. The molecule has 30 heavy (non-hydrogen) atoms. The molecule has 160 valence electrons. The first-order chi connectivity index (χ1) is 14.0. The molecule has 3 aromatic rings. The predicted octanol–water partition coefficient (Wildman–Crippen LogP) is 4.27. The summed E-state index contributed by atoms with van der Waals surface area (Å²) in [5, 5.41) is 18.6. The normalized spacial score (nSPS) is 11.2. The maximum absolute atomic E-state index is 12.5. The fraction of sp³-hybridized carbons (Fsp3) is 0.292. The molecule has 0 aliphatic carbocycles. The highest BCUT2D eigenvalue weighted by Crippen LogP contribution is 2.29. The number of nitrogens with two attached hydrogens (primary N) is 1. The SMILES string of the molecule is Cl.NC(CO)(CO)CCc1ccc(-c2ccc(C(=O)CCc3ccccc3)s2)cc1. The summed E-state index contributed by atoms with van der Waals surface area (Å²) in [4.78, 5) is 14.4. The lowest BCUT2D eigenvalue weighted by atomic mass is 9.93. The van der Waals surface area contributed by atoms with Crippen LogP contribution in [0.15, 0.2) is 66.7 Å². The number of aliphatic hydroxyl groups is 2. The lowest BCUT2D eigenvalue weighted by Crippen LogP contribution is -2.47. The van der Waals surface area contributed by atoms with E-state index in [4.69, 9.17) is 5.73 Å². The van der Waals surface area contributed by atoms with E-state index in [1.807, 2.05) is 66.7 Å². The van der Waals surface area contributed by atoms with E-state index in [1.165, 1.54) is 16.9 Å². The molecule has 6 heteroatoms. The Bertz CT molecular complexity index is 921. The Morgan fingerprint density at radius 2 is 1.50 bits per heavy atom. The monoisotopic (exact) mass is 445 g/mol. The van der Waals surface area contributed by atoms with Gasteiger partial charge < -0.3 is 15.9 Å². The number of hydrogen-bond acceptors (Lipinski definition) is 5. The highest BCUT2D eigenvalue weighted by Gasteiger charge is 2.22. The lowest BCUT2D eigenvalue weighted by molar-refractivity contribution is 0.0986. The van der Waals surface area contributed by atoms with Gasteiger partial charge in [-0.05, 0) is 48.1 Å². The summed E-state index contributed by atoms with van der Waals surface area (Å²) in [7, 11) is 0. The van der Waals surface area contributed by atoms with E-state index < -0.39 is 5.54 Å². The number of thiophene rings is 1. The Kier molecular flexibility index (Phi) is 9.21. The third kappa shape index (κ3) is 6.49. The van der Waals surface area contributed by atoms with Gasteiger partial charge in [0.15, 0.2) is 5.78 Å². The molecule has 0 radical (unpaired) electrons. The van der Waals surface area contributed by atoms with Crippen molar-refractivity contribution < 1.29 is 15.0 Å². The number of aliphatic hydroxyl groups excluding tert-OH is 2. The van der Waals surface area contributed by atoms with Crippen LogP contribution in [-0.2, 0) is 12.8 Å². The molecule has 0 saturated heterocycles. The zero-order chi connectivity index (χ0) is 20.7. The van der Waals surface area contributed by atoms with Crippen molar-refractivity contribution in [3.05, 3.63) is 82.7 Å². The first-order valence-electron chi connectivity index (χ1n) is 9.80. The van der Waals surface area contributed by atoms with Gasteiger partial charge in [-0.3, -0.25) is 4.79 Å². The maximum Gasteiger partial charge on any atom is 0.173 e. The van der Waals surface area contributed by atoms with Crippen molar-refractivity contribution in [3.8, 4) is 10.4 Å². The molecule has 0 fully saturated rings. The molecule has 1 aromatic heterocycles. The number of Topliss-reactive ketones (excluding diaryl/α,β-unsaturated/α-hetero) is 1. The van der Waals surface area contributed by atoms with Gasteiger partial charge in [0.1, 0.15) is 0 Å². The first kappa shape index (κ1) is 24.3. The van der Waals surface area contributed by atoms with Crippen molar-refractivity contribution in [2.24, 2.45) is 5.73 Å². The van der Waals surface area contributed by atoms with Crippen LogP contribution in [0, 0.1) is 0 Å². The Labute approximate surface area is 187 Å². The first-order valence-corrected chi connectivity index (χ1v) is 10.6. The highest BCUT2D eigenvalue weighted by atomic mass is 35.5. The van der Waals surface area contributed by atoms with Crippen LogP contribution in [0.5, 0.6) is 0 Å². The van der Waals surface area contributed by atoms with E-state index in [0.717, 1.165) is 27.3 Å². The van der Waals surface area contributed by atoms with Crippen molar-refractivity contribution in [1.82, 2.24) is 0 Å². The molecule has 4 nitrogen and oxygen atoms in total. The standard InChI is InChI=1S/C24H27NO3S.ClH/c25-24(16-26,17-27)15-14-19-6-9-20(10-7-19)22-12-13-23(29-22)21(28)11-8-18-4-2-1-3-5-18;/h1-7,9-10,12-13,26-27H,8,11,14-17,25H2;1H. The van der Waals surface area contributed by atoms with Crippen LogP contribution in [0.2, 0.25) is 0 Å². The highest BCUT2D eigenvalue weighted by molar-refractivity contribution is 7.17. The summed E-state index contributed by atoms with van der Waals surface area (Å²) < 4.78 is 0. The van der Waals surface area contributed by atoms with Crippen LogP contribution in [0.1, 0.15) is 33.6 Å². The second-order valence-electron chi connectivity index (χ2n) is 7.45. The van der Waals surface area contributed by atoms with Gasteiger partial charge >= 0.3 is 0 Å². The second kappa shape index (κ2) is 11.4. The molecule has 2 aromatic carbocycles. The predicted molar refractivity (Wildman–Crippen MR) is 126 cm³/mol. The van der Waals surface area contributed by atoms with Crippen LogP contribution in [0.25, 0.3) is 10.4 Å². The topological polar surface area (TPSA) is 83.6 Å². The average Bonchev–Trinajstić information content (AvgIpc) is 3.27. The number of hydrogen-bond donors (Lipinski definition) is 3. The van der Waals surface area contributed by atoms with Gasteiger partial charge in [0.2, 0.25) is 0 Å². The quantitative estimate of drug-likeness (QED) is 0.407. The van der Waals surface area contributed by atoms with Crippen LogP contribution in [0.3, 0.4) is 0 Å². The molecule has 0 atom stereocenters. The van der Waals surface area contributed by atoms with E-state index in [1.54, 1.807) is 0 Å². The third-order valence-corrected chi connectivity index (χ3v) is 6.32. The van der Waals surface area contributed by atoms with Gasteiger partial charge in [-0.25, -0.2) is 0 Å². The molecule has 4 N–H and O–H groups in total. The van der Waals surface area contributed by atoms with Gasteiger partial charge in [0.05, 0.1) is 23.6 Å². The van der Waals surface area contributed by atoms with Gasteiger partial charge in [-0.2, -0.15) is 0 Å². The zero-order valence-electron chi connectivity index (χ0n) is 16.8. The summed E-state index contributed by atoms with van der Waals surface area (Å²) >= 11 is 1.52.